The van der Waals surface area contributed by atoms with Crippen LogP contribution in [0.1, 0.15) is 32.5 Å². The lowest BCUT2D eigenvalue weighted by Gasteiger charge is -2.19. The number of nitrogens with two attached hydrogens (primary N) is 2. The van der Waals surface area contributed by atoms with Crippen molar-refractivity contribution in [3.63, 3.8) is 0 Å². The second-order valence-corrected chi connectivity index (χ2v) is 5.45. The predicted molar refractivity (Wildman–Crippen MR) is 79.2 cm³/mol. The number of H-pyrrole nitrogens is 2. The third kappa shape index (κ3) is 3.16. The minimum Gasteiger partial charge on any atom is -0.369 e. The van der Waals surface area contributed by atoms with Crippen LogP contribution in [0.3, 0.4) is 0 Å². The van der Waals surface area contributed by atoms with Crippen LogP contribution in [-0.4, -0.2) is 26.5 Å². The van der Waals surface area contributed by atoms with Crippen LogP contribution < -0.4 is 17.0 Å². The number of imidazole rings is 1. The van der Waals surface area contributed by atoms with Crippen LogP contribution >= 0.6 is 0 Å². The minimum atomic E-state index is -0.284. The van der Waals surface area contributed by atoms with Crippen LogP contribution in [0.2, 0.25) is 0 Å². The highest BCUT2D eigenvalue weighted by atomic mass is 16.1. The van der Waals surface area contributed by atoms with Crippen LogP contribution in [0.25, 0.3) is 11.2 Å². The number of nitrogens with zero attached hydrogens (tertiary/aromatic N) is 2. The Morgan fingerprint density at radius 1 is 1.20 bits per heavy atom. The van der Waals surface area contributed by atoms with Crippen molar-refractivity contribution in [2.45, 2.75) is 33.1 Å². The van der Waals surface area contributed by atoms with Crippen LogP contribution in [0.5, 0.6) is 0 Å². The number of hydrogen-bond acceptors (Lipinski definition) is 5. The van der Waals surface area contributed by atoms with Crippen molar-refractivity contribution in [3.8, 4) is 0 Å². The quantitative estimate of drug-likeness (QED) is 0.621. The molecule has 0 fully saturated rings. The second kappa shape index (κ2) is 6.04. The number of nitrogen functional groups attached to an aromatic ring is 1. The van der Waals surface area contributed by atoms with Gasteiger partial charge in [-0.1, -0.05) is 13.8 Å². The number of anilines is 1. The molecule has 0 bridgehead atoms. The maximum absolute atomic E-state index is 11.7. The van der Waals surface area contributed by atoms with E-state index in [2.05, 4.69) is 33.8 Å². The van der Waals surface area contributed by atoms with Crippen LogP contribution in [0.15, 0.2) is 4.79 Å². The van der Waals surface area contributed by atoms with Crippen LogP contribution in [0, 0.1) is 11.8 Å². The van der Waals surface area contributed by atoms with Gasteiger partial charge in [0.2, 0.25) is 5.95 Å². The topological polar surface area (TPSA) is 126 Å². The molecule has 0 aliphatic heterocycles. The summed E-state index contributed by atoms with van der Waals surface area (Å²) in [7, 11) is 0. The van der Waals surface area contributed by atoms with Crippen molar-refractivity contribution in [3.05, 3.63) is 16.2 Å². The molecule has 1 atom stereocenters. The molecule has 0 radical (unpaired) electrons. The average molecular weight is 278 g/mol. The molecule has 0 aliphatic carbocycles. The first kappa shape index (κ1) is 14.5. The van der Waals surface area contributed by atoms with Crippen LogP contribution in [0.4, 0.5) is 5.95 Å². The standard InChI is InChI=1S/C13H22N6O/c1-7(2)8(5-6-14)3-4-9-16-10-11(17-9)18-13(15)19-12(10)20/h7-8H,3-6,14H2,1-2H3,(H4,15,16,17,18,19,20). The number of rotatable bonds is 6. The lowest BCUT2D eigenvalue weighted by molar-refractivity contribution is 0.339. The Kier molecular flexibility index (Phi) is 4.39. The summed E-state index contributed by atoms with van der Waals surface area (Å²) < 4.78 is 0. The van der Waals surface area contributed by atoms with E-state index in [0.29, 0.717) is 29.5 Å². The van der Waals surface area contributed by atoms with Crippen LogP contribution in [-0.2, 0) is 6.42 Å². The zero-order chi connectivity index (χ0) is 14.7. The maximum atomic E-state index is 11.7. The molecule has 0 saturated heterocycles. The van der Waals surface area contributed by atoms with Gasteiger partial charge >= 0.3 is 0 Å². The Morgan fingerprint density at radius 3 is 2.60 bits per heavy atom. The van der Waals surface area contributed by atoms with Gasteiger partial charge in [0.1, 0.15) is 5.82 Å². The van der Waals surface area contributed by atoms with Crippen molar-refractivity contribution in [2.75, 3.05) is 12.3 Å². The van der Waals surface area contributed by atoms with Gasteiger partial charge in [0.25, 0.3) is 5.56 Å². The van der Waals surface area contributed by atoms with E-state index in [1.165, 1.54) is 0 Å². The summed E-state index contributed by atoms with van der Waals surface area (Å²) in [6, 6.07) is 0. The molecular weight excluding hydrogens is 256 g/mol. The summed E-state index contributed by atoms with van der Waals surface area (Å²) in [6.07, 6.45) is 2.77. The summed E-state index contributed by atoms with van der Waals surface area (Å²) in [4.78, 5) is 25.5. The third-order valence-electron chi connectivity index (χ3n) is 3.66. The smallest absolute Gasteiger partial charge is 0.278 e. The van der Waals surface area contributed by atoms with Crippen molar-refractivity contribution >= 4 is 17.1 Å². The summed E-state index contributed by atoms with van der Waals surface area (Å²) >= 11 is 0. The predicted octanol–water partition coefficient (Wildman–Crippen LogP) is 0.782. The molecule has 6 N–H and O–H groups in total. The van der Waals surface area contributed by atoms with E-state index in [1.807, 2.05) is 0 Å². The Hall–Kier alpha value is -1.89. The Labute approximate surface area is 117 Å². The minimum absolute atomic E-state index is 0.0868. The molecule has 0 saturated carbocycles. The molecular formula is C13H22N6O. The fourth-order valence-corrected chi connectivity index (χ4v) is 2.44. The van der Waals surface area contributed by atoms with Gasteiger partial charge in [0.05, 0.1) is 0 Å². The first-order chi connectivity index (χ1) is 9.51. The van der Waals surface area contributed by atoms with E-state index in [1.54, 1.807) is 0 Å². The highest BCUT2D eigenvalue weighted by Crippen LogP contribution is 2.20. The highest BCUT2D eigenvalue weighted by molar-refractivity contribution is 5.70. The van der Waals surface area contributed by atoms with Gasteiger partial charge in [0, 0.05) is 6.42 Å². The number of aryl methyl sites for hydroxylation is 1. The number of hydrogen-bond donors (Lipinski definition) is 4. The largest absolute Gasteiger partial charge is 0.369 e. The molecule has 110 valence electrons. The summed E-state index contributed by atoms with van der Waals surface area (Å²) in [5.74, 6) is 2.00. The summed E-state index contributed by atoms with van der Waals surface area (Å²) in [5, 5.41) is 0. The highest BCUT2D eigenvalue weighted by Gasteiger charge is 2.14. The van der Waals surface area contributed by atoms with Gasteiger partial charge in [-0.15, -0.1) is 0 Å². The Bertz CT molecular complexity index is 629. The molecule has 2 heterocycles. The van der Waals surface area contributed by atoms with E-state index in [0.717, 1.165) is 25.1 Å². The lowest BCUT2D eigenvalue weighted by Crippen LogP contribution is -2.15. The van der Waals surface area contributed by atoms with Crippen molar-refractivity contribution in [2.24, 2.45) is 17.6 Å². The van der Waals surface area contributed by atoms with Crippen molar-refractivity contribution in [1.82, 2.24) is 19.9 Å². The van der Waals surface area contributed by atoms with Crippen molar-refractivity contribution in [1.29, 1.82) is 0 Å². The fourth-order valence-electron chi connectivity index (χ4n) is 2.44. The fraction of sp³-hybridized carbons (Fsp3) is 0.615. The van der Waals surface area contributed by atoms with E-state index in [4.69, 9.17) is 11.5 Å². The van der Waals surface area contributed by atoms with E-state index < -0.39 is 0 Å². The first-order valence-corrected chi connectivity index (χ1v) is 6.95. The van der Waals surface area contributed by atoms with Gasteiger partial charge in [-0.05, 0) is 31.2 Å². The monoisotopic (exact) mass is 278 g/mol. The molecule has 0 aliphatic rings. The average Bonchev–Trinajstić information content (AvgIpc) is 2.77. The number of aromatic nitrogens is 4. The number of aromatic amines is 2. The molecule has 7 nitrogen and oxygen atoms in total. The molecule has 1 unspecified atom stereocenters. The Morgan fingerprint density at radius 2 is 1.95 bits per heavy atom. The van der Waals surface area contributed by atoms with E-state index in [-0.39, 0.29) is 11.5 Å². The maximum Gasteiger partial charge on any atom is 0.278 e. The third-order valence-corrected chi connectivity index (χ3v) is 3.66. The molecule has 2 aromatic heterocycles. The zero-order valence-corrected chi connectivity index (χ0v) is 11.9. The van der Waals surface area contributed by atoms with Gasteiger partial charge < -0.3 is 16.5 Å². The SMILES string of the molecule is CC(C)C(CCN)CCc1nc2nc(N)[nH]c(=O)c2[nH]1. The van der Waals surface area contributed by atoms with Gasteiger partial charge in [0.15, 0.2) is 11.2 Å². The van der Waals surface area contributed by atoms with Gasteiger partial charge in [-0.25, -0.2) is 4.98 Å². The molecule has 7 heteroatoms. The lowest BCUT2D eigenvalue weighted by atomic mass is 9.88. The molecule has 0 amide bonds. The summed E-state index contributed by atoms with van der Waals surface area (Å²) in [6.45, 7) is 5.10. The summed E-state index contributed by atoms with van der Waals surface area (Å²) in [5.41, 5.74) is 11.6. The molecule has 0 aromatic carbocycles. The number of fused-ring (bicyclic) bond motifs is 1. The molecule has 20 heavy (non-hydrogen) atoms. The molecule has 2 aromatic rings. The van der Waals surface area contributed by atoms with Gasteiger partial charge in [-0.2, -0.15) is 4.98 Å². The second-order valence-electron chi connectivity index (χ2n) is 5.45. The van der Waals surface area contributed by atoms with Gasteiger partial charge in [-0.3, -0.25) is 9.78 Å². The van der Waals surface area contributed by atoms with Crippen molar-refractivity contribution < 1.29 is 0 Å². The van der Waals surface area contributed by atoms with E-state index in [9.17, 15) is 4.79 Å². The molecule has 0 spiro atoms. The first-order valence-electron chi connectivity index (χ1n) is 6.95. The Balaban J connectivity index is 2.14. The normalized spacial score (nSPS) is 13.2. The zero-order valence-electron chi connectivity index (χ0n) is 11.9. The van der Waals surface area contributed by atoms with E-state index >= 15 is 0 Å². The number of nitrogens with one attached hydrogen (secondary N) is 2. The molecule has 2 rings (SSSR count).